The normalized spacial score (nSPS) is 21.0. The molecule has 2 rings (SSSR count). The SMILES string of the molecule is CN(C)[C@@H]1CCCC[C@H]1NC(=S)Nc1c(F)c(F)c(F)c(F)c1F. The lowest BCUT2D eigenvalue weighted by molar-refractivity contribution is 0.190. The van der Waals surface area contributed by atoms with Crippen molar-refractivity contribution in [2.45, 2.75) is 37.8 Å². The maximum atomic E-state index is 13.7. The summed E-state index contributed by atoms with van der Waals surface area (Å²) in [6, 6.07) is 0.0879. The number of rotatable bonds is 3. The molecule has 24 heavy (non-hydrogen) atoms. The van der Waals surface area contributed by atoms with E-state index in [1.54, 1.807) is 0 Å². The molecule has 0 unspecified atom stereocenters. The Morgan fingerprint density at radius 3 is 1.96 bits per heavy atom. The fourth-order valence-corrected chi connectivity index (χ4v) is 3.18. The van der Waals surface area contributed by atoms with Gasteiger partial charge in [0.2, 0.25) is 5.82 Å². The smallest absolute Gasteiger partial charge is 0.200 e. The summed E-state index contributed by atoms with van der Waals surface area (Å²) in [7, 11) is 3.82. The number of nitrogens with one attached hydrogen (secondary N) is 2. The second kappa shape index (κ2) is 7.60. The first-order chi connectivity index (χ1) is 11.2. The average Bonchev–Trinajstić information content (AvgIpc) is 2.55. The maximum Gasteiger partial charge on any atom is 0.200 e. The maximum absolute atomic E-state index is 13.7. The quantitative estimate of drug-likeness (QED) is 0.370. The molecule has 2 atom stereocenters. The van der Waals surface area contributed by atoms with E-state index in [0.29, 0.717) is 0 Å². The van der Waals surface area contributed by atoms with E-state index >= 15 is 0 Å². The number of anilines is 1. The van der Waals surface area contributed by atoms with Crippen LogP contribution in [0.4, 0.5) is 27.6 Å². The molecule has 0 radical (unpaired) electrons. The summed E-state index contributed by atoms with van der Waals surface area (Å²) in [4.78, 5) is 2.01. The molecule has 2 N–H and O–H groups in total. The van der Waals surface area contributed by atoms with Gasteiger partial charge >= 0.3 is 0 Å². The third kappa shape index (κ3) is 3.77. The zero-order valence-corrected chi connectivity index (χ0v) is 14.0. The van der Waals surface area contributed by atoms with Gasteiger partial charge in [-0.15, -0.1) is 0 Å². The minimum Gasteiger partial charge on any atom is -0.358 e. The molecule has 1 aromatic rings. The Hall–Kier alpha value is -1.48. The molecule has 1 aliphatic carbocycles. The van der Waals surface area contributed by atoms with Crippen LogP contribution in [0.5, 0.6) is 0 Å². The van der Waals surface area contributed by atoms with Crippen molar-refractivity contribution in [2.24, 2.45) is 0 Å². The zero-order chi connectivity index (χ0) is 18.0. The number of nitrogens with zero attached hydrogens (tertiary/aromatic N) is 1. The van der Waals surface area contributed by atoms with Crippen LogP contribution >= 0.6 is 12.2 Å². The van der Waals surface area contributed by atoms with Gasteiger partial charge in [-0.25, -0.2) is 22.0 Å². The van der Waals surface area contributed by atoms with Gasteiger partial charge in [0.25, 0.3) is 0 Å². The fraction of sp³-hybridized carbons (Fsp3) is 0.533. The highest BCUT2D eigenvalue weighted by Gasteiger charge is 2.29. The molecule has 0 aliphatic heterocycles. The summed E-state index contributed by atoms with van der Waals surface area (Å²) < 4.78 is 66.8. The molecule has 3 nitrogen and oxygen atoms in total. The van der Waals surface area contributed by atoms with Gasteiger partial charge < -0.3 is 15.5 Å². The van der Waals surface area contributed by atoms with Gasteiger partial charge in [-0.2, -0.15) is 0 Å². The van der Waals surface area contributed by atoms with Crippen LogP contribution in [0.1, 0.15) is 25.7 Å². The first-order valence-corrected chi connectivity index (χ1v) is 7.90. The van der Waals surface area contributed by atoms with E-state index in [1.807, 2.05) is 19.0 Å². The van der Waals surface area contributed by atoms with Crippen molar-refractivity contribution in [3.8, 4) is 0 Å². The molecule has 1 aromatic carbocycles. The topological polar surface area (TPSA) is 27.3 Å². The number of halogens is 5. The van der Waals surface area contributed by atoms with Crippen LogP contribution in [0.2, 0.25) is 0 Å². The zero-order valence-electron chi connectivity index (χ0n) is 13.2. The Morgan fingerprint density at radius 1 is 0.917 bits per heavy atom. The summed E-state index contributed by atoms with van der Waals surface area (Å²) >= 11 is 4.98. The average molecular weight is 367 g/mol. The van der Waals surface area contributed by atoms with Gasteiger partial charge in [-0.05, 0) is 39.2 Å². The van der Waals surface area contributed by atoms with E-state index in [9.17, 15) is 22.0 Å². The van der Waals surface area contributed by atoms with Crippen molar-refractivity contribution in [1.82, 2.24) is 10.2 Å². The third-order valence-corrected chi connectivity index (χ3v) is 4.38. The Balaban J connectivity index is 2.15. The first-order valence-electron chi connectivity index (χ1n) is 7.49. The molecule has 1 fully saturated rings. The Labute approximate surface area is 142 Å². The highest BCUT2D eigenvalue weighted by atomic mass is 32.1. The number of hydrogen-bond acceptors (Lipinski definition) is 2. The first kappa shape index (κ1) is 18.9. The predicted molar refractivity (Wildman–Crippen MR) is 85.3 cm³/mol. The highest BCUT2D eigenvalue weighted by Crippen LogP contribution is 2.27. The molecule has 0 spiro atoms. The summed E-state index contributed by atoms with van der Waals surface area (Å²) in [5.41, 5.74) is -1.15. The van der Waals surface area contributed by atoms with E-state index in [4.69, 9.17) is 12.2 Å². The molecule has 1 aliphatic rings. The van der Waals surface area contributed by atoms with E-state index in [0.717, 1.165) is 25.7 Å². The second-order valence-corrected chi connectivity index (χ2v) is 6.37. The lowest BCUT2D eigenvalue weighted by Gasteiger charge is -2.37. The van der Waals surface area contributed by atoms with Crippen molar-refractivity contribution in [2.75, 3.05) is 19.4 Å². The van der Waals surface area contributed by atoms with Gasteiger partial charge in [0.05, 0.1) is 0 Å². The summed E-state index contributed by atoms with van der Waals surface area (Å²) in [6.07, 6.45) is 3.74. The molecular formula is C15H18F5N3S. The lowest BCUT2D eigenvalue weighted by atomic mass is 9.90. The van der Waals surface area contributed by atoms with Crippen LogP contribution in [0, 0.1) is 29.1 Å². The molecule has 0 heterocycles. The van der Waals surface area contributed by atoms with Gasteiger partial charge in [-0.1, -0.05) is 12.8 Å². The van der Waals surface area contributed by atoms with Crippen LogP contribution in [-0.4, -0.2) is 36.2 Å². The van der Waals surface area contributed by atoms with Crippen LogP contribution in [-0.2, 0) is 0 Å². The van der Waals surface area contributed by atoms with Crippen molar-refractivity contribution in [3.05, 3.63) is 29.1 Å². The van der Waals surface area contributed by atoms with Crippen molar-refractivity contribution in [3.63, 3.8) is 0 Å². The van der Waals surface area contributed by atoms with E-state index < -0.39 is 34.8 Å². The van der Waals surface area contributed by atoms with E-state index in [-0.39, 0.29) is 17.2 Å². The Morgan fingerprint density at radius 2 is 1.42 bits per heavy atom. The predicted octanol–water partition coefficient (Wildman–Crippen LogP) is 3.54. The fourth-order valence-electron chi connectivity index (χ4n) is 2.93. The molecule has 0 amide bonds. The van der Waals surface area contributed by atoms with Crippen LogP contribution in [0.3, 0.4) is 0 Å². The molecule has 0 saturated heterocycles. The summed E-state index contributed by atoms with van der Waals surface area (Å²) in [5, 5.41) is 4.83. The van der Waals surface area contributed by atoms with E-state index in [2.05, 4.69) is 10.6 Å². The van der Waals surface area contributed by atoms with Crippen LogP contribution in [0.25, 0.3) is 0 Å². The molecule has 0 bridgehead atoms. The number of hydrogen-bond donors (Lipinski definition) is 2. The van der Waals surface area contributed by atoms with Crippen molar-refractivity contribution < 1.29 is 22.0 Å². The Bertz CT molecular complexity index is 609. The summed E-state index contributed by atoms with van der Waals surface area (Å²) in [6.45, 7) is 0. The monoisotopic (exact) mass is 367 g/mol. The van der Waals surface area contributed by atoms with Crippen LogP contribution in [0.15, 0.2) is 0 Å². The molecule has 0 aromatic heterocycles. The molecule has 1 saturated carbocycles. The summed E-state index contributed by atoms with van der Waals surface area (Å²) in [5.74, 6) is -10.1. The van der Waals surface area contributed by atoms with Crippen LogP contribution < -0.4 is 10.6 Å². The van der Waals surface area contributed by atoms with Crippen molar-refractivity contribution in [1.29, 1.82) is 0 Å². The minimum absolute atomic E-state index is 0.0741. The number of likely N-dealkylation sites (N-methyl/N-ethyl adjacent to an activating group) is 1. The standard InChI is InChI=1S/C15H18F5N3S/c1-23(2)8-6-4-3-5-7(8)21-15(24)22-14-12(19)10(17)9(16)11(18)13(14)20/h7-8H,3-6H2,1-2H3,(H2,21,22,24)/t7-,8-/m1/s1. The minimum atomic E-state index is -2.20. The molecule has 9 heteroatoms. The van der Waals surface area contributed by atoms with Gasteiger partial charge in [0.15, 0.2) is 28.4 Å². The van der Waals surface area contributed by atoms with Gasteiger partial charge in [0.1, 0.15) is 5.69 Å². The van der Waals surface area contributed by atoms with Crippen molar-refractivity contribution >= 4 is 23.0 Å². The van der Waals surface area contributed by atoms with E-state index in [1.165, 1.54) is 0 Å². The third-order valence-electron chi connectivity index (χ3n) is 4.16. The van der Waals surface area contributed by atoms with Gasteiger partial charge in [-0.3, -0.25) is 0 Å². The molecule has 134 valence electrons. The largest absolute Gasteiger partial charge is 0.358 e. The number of thiocarbonyl (C=S) groups is 1. The van der Waals surface area contributed by atoms with Gasteiger partial charge in [0, 0.05) is 12.1 Å². The lowest BCUT2D eigenvalue weighted by Crippen LogP contribution is -2.52. The Kier molecular flexibility index (Phi) is 5.97. The highest BCUT2D eigenvalue weighted by molar-refractivity contribution is 7.80. The second-order valence-electron chi connectivity index (χ2n) is 5.97. The molecular weight excluding hydrogens is 349 g/mol. The number of benzene rings is 1.